The van der Waals surface area contributed by atoms with E-state index in [0.29, 0.717) is 0 Å². The molecule has 2 heterocycles. The van der Waals surface area contributed by atoms with E-state index in [9.17, 15) is 4.79 Å². The van der Waals surface area contributed by atoms with E-state index in [1.165, 1.54) is 5.57 Å². The van der Waals surface area contributed by atoms with Crippen molar-refractivity contribution >= 4 is 28.2 Å². The smallest absolute Gasteiger partial charge is 0.300 e. The van der Waals surface area contributed by atoms with Crippen LogP contribution in [-0.2, 0) is 4.79 Å². The Morgan fingerprint density at radius 3 is 3.00 bits per heavy atom. The largest absolute Gasteiger partial charge is 0.352 e. The molecule has 4 heteroatoms. The number of aromatic nitrogens is 1. The van der Waals surface area contributed by atoms with Crippen molar-refractivity contribution in [3.63, 3.8) is 0 Å². The highest BCUT2D eigenvalue weighted by atomic mass is 16.1. The van der Waals surface area contributed by atoms with E-state index in [0.717, 1.165) is 41.8 Å². The molecule has 1 aromatic carbocycles. The zero-order valence-corrected chi connectivity index (χ0v) is 13.4. The lowest BCUT2D eigenvalue weighted by Gasteiger charge is -2.18. The van der Waals surface area contributed by atoms with Gasteiger partial charge in [0.15, 0.2) is 0 Å². The third-order valence-corrected chi connectivity index (χ3v) is 4.04. The number of hydrogen-bond acceptors (Lipinski definition) is 3. The maximum atomic E-state index is 11.6. The molecule has 1 aromatic heterocycles. The molecule has 0 aliphatic carbocycles. The molecule has 2 aromatic rings. The van der Waals surface area contributed by atoms with Gasteiger partial charge in [-0.05, 0) is 55.8 Å². The molecule has 0 bridgehead atoms. The van der Waals surface area contributed by atoms with Crippen molar-refractivity contribution in [2.45, 2.75) is 20.3 Å². The van der Waals surface area contributed by atoms with E-state index in [1.54, 1.807) is 6.92 Å². The van der Waals surface area contributed by atoms with Gasteiger partial charge in [0.2, 0.25) is 0 Å². The van der Waals surface area contributed by atoms with Crippen molar-refractivity contribution in [2.24, 2.45) is 0 Å². The number of nitrogens with zero attached hydrogens (tertiary/aromatic N) is 2. The summed E-state index contributed by atoms with van der Waals surface area (Å²) < 4.78 is 0. The molecule has 1 aliphatic heterocycles. The zero-order valence-electron chi connectivity index (χ0n) is 13.4. The molecule has 0 radical (unpaired) electrons. The summed E-state index contributed by atoms with van der Waals surface area (Å²) in [5, 5.41) is 4.95. The third kappa shape index (κ3) is 3.19. The highest BCUT2D eigenvalue weighted by Crippen LogP contribution is 2.30. The number of benzene rings is 1. The first kappa shape index (κ1) is 15.1. The first-order valence-corrected chi connectivity index (χ1v) is 7.73. The predicted molar refractivity (Wildman–Crippen MR) is 94.4 cm³/mol. The number of rotatable bonds is 2. The Kier molecular flexibility index (Phi) is 4.29. The monoisotopic (exact) mass is 305 g/mol. The molecule has 0 spiro atoms. The molecule has 1 aliphatic rings. The molecule has 0 unspecified atom stereocenters. The first-order valence-electron chi connectivity index (χ1n) is 7.73. The second-order valence-corrected chi connectivity index (χ2v) is 5.52. The van der Waals surface area contributed by atoms with Crippen molar-refractivity contribution in [3.8, 4) is 11.8 Å². The topological polar surface area (TPSA) is 45.2 Å². The minimum Gasteiger partial charge on any atom is -0.352 e. The van der Waals surface area contributed by atoms with Crippen LogP contribution in [-0.4, -0.2) is 24.0 Å². The number of carbonyl (C=O) groups excluding carboxylic acids is 1. The number of hydrogen-bond donors (Lipinski definition) is 1. The molecule has 23 heavy (non-hydrogen) atoms. The SMILES string of the molecule is CC#CC(=O)Nc1ccc2c(N3CC/C(=C/C)C3)nccc2c1. The number of nitrogens with one attached hydrogen (secondary N) is 1. The predicted octanol–water partition coefficient (Wildman–Crippen LogP) is 3.35. The number of carbonyl (C=O) groups is 1. The Labute approximate surface area is 136 Å². The summed E-state index contributed by atoms with van der Waals surface area (Å²) in [6, 6.07) is 7.84. The Morgan fingerprint density at radius 2 is 2.26 bits per heavy atom. The van der Waals surface area contributed by atoms with Crippen molar-refractivity contribution in [1.29, 1.82) is 0 Å². The van der Waals surface area contributed by atoms with Crippen molar-refractivity contribution in [1.82, 2.24) is 4.98 Å². The summed E-state index contributed by atoms with van der Waals surface area (Å²) in [4.78, 5) is 18.5. The Balaban J connectivity index is 1.93. The Hall–Kier alpha value is -2.80. The summed E-state index contributed by atoms with van der Waals surface area (Å²) >= 11 is 0. The van der Waals surface area contributed by atoms with Crippen molar-refractivity contribution in [2.75, 3.05) is 23.3 Å². The van der Waals surface area contributed by atoms with Gasteiger partial charge in [-0.3, -0.25) is 4.79 Å². The minimum atomic E-state index is -0.293. The summed E-state index contributed by atoms with van der Waals surface area (Å²) in [6.07, 6.45) is 5.11. The standard InChI is InChI=1S/C19H19N3O/c1-3-5-18(23)21-16-6-7-17-15(12-16)8-10-20-19(17)22-11-9-14(4-2)13-22/h4,6-8,10,12H,9,11,13H2,1-2H3,(H,21,23)/b14-4-. The van der Waals surface area contributed by atoms with E-state index in [4.69, 9.17) is 0 Å². The molecule has 1 N–H and O–H groups in total. The van der Waals surface area contributed by atoms with Gasteiger partial charge >= 0.3 is 0 Å². The molecule has 116 valence electrons. The average molecular weight is 305 g/mol. The van der Waals surface area contributed by atoms with Gasteiger partial charge in [0.05, 0.1) is 0 Å². The third-order valence-electron chi connectivity index (χ3n) is 4.04. The van der Waals surface area contributed by atoms with E-state index in [-0.39, 0.29) is 5.91 Å². The second-order valence-electron chi connectivity index (χ2n) is 5.52. The van der Waals surface area contributed by atoms with Crippen LogP contribution in [0.15, 0.2) is 42.1 Å². The van der Waals surface area contributed by atoms with Crippen molar-refractivity contribution < 1.29 is 4.79 Å². The first-order chi connectivity index (χ1) is 11.2. The van der Waals surface area contributed by atoms with Gasteiger partial charge in [-0.1, -0.05) is 17.6 Å². The number of amides is 1. The van der Waals surface area contributed by atoms with Crippen LogP contribution < -0.4 is 10.2 Å². The lowest BCUT2D eigenvalue weighted by molar-refractivity contribution is -0.111. The van der Waals surface area contributed by atoms with Crippen LogP contribution in [0.2, 0.25) is 0 Å². The fraction of sp³-hybridized carbons (Fsp3) is 0.263. The number of pyridine rings is 1. The molecule has 4 nitrogen and oxygen atoms in total. The zero-order chi connectivity index (χ0) is 16.2. The lowest BCUT2D eigenvalue weighted by atomic mass is 10.1. The molecular formula is C19H19N3O. The average Bonchev–Trinajstić information content (AvgIpc) is 3.03. The van der Waals surface area contributed by atoms with Gasteiger partial charge in [-0.25, -0.2) is 4.98 Å². The molecule has 0 saturated carbocycles. The maximum absolute atomic E-state index is 11.6. The van der Waals surface area contributed by atoms with E-state index >= 15 is 0 Å². The number of fused-ring (bicyclic) bond motifs is 1. The Bertz CT molecular complexity index is 843. The molecule has 1 saturated heterocycles. The van der Waals surface area contributed by atoms with Crippen LogP contribution in [0.3, 0.4) is 0 Å². The van der Waals surface area contributed by atoms with Crippen LogP contribution in [0.25, 0.3) is 10.8 Å². The molecule has 1 fully saturated rings. The molecular weight excluding hydrogens is 286 g/mol. The summed E-state index contributed by atoms with van der Waals surface area (Å²) in [5.74, 6) is 5.79. The van der Waals surface area contributed by atoms with Gasteiger partial charge in [0, 0.05) is 30.4 Å². The van der Waals surface area contributed by atoms with Gasteiger partial charge in [-0.2, -0.15) is 0 Å². The Morgan fingerprint density at radius 1 is 1.39 bits per heavy atom. The highest BCUT2D eigenvalue weighted by molar-refractivity contribution is 6.05. The van der Waals surface area contributed by atoms with Gasteiger partial charge in [0.25, 0.3) is 5.91 Å². The lowest BCUT2D eigenvalue weighted by Crippen LogP contribution is -2.19. The van der Waals surface area contributed by atoms with Gasteiger partial charge in [-0.15, -0.1) is 0 Å². The van der Waals surface area contributed by atoms with Gasteiger partial charge in [0.1, 0.15) is 5.82 Å². The summed E-state index contributed by atoms with van der Waals surface area (Å²) in [7, 11) is 0. The minimum absolute atomic E-state index is 0.293. The van der Waals surface area contributed by atoms with Crippen LogP contribution in [0, 0.1) is 11.8 Å². The van der Waals surface area contributed by atoms with Crippen LogP contribution in [0.5, 0.6) is 0 Å². The van der Waals surface area contributed by atoms with E-state index in [2.05, 4.69) is 40.0 Å². The van der Waals surface area contributed by atoms with Gasteiger partial charge < -0.3 is 10.2 Å². The van der Waals surface area contributed by atoms with Crippen LogP contribution in [0.1, 0.15) is 20.3 Å². The summed E-state index contributed by atoms with van der Waals surface area (Å²) in [5.41, 5.74) is 2.20. The van der Waals surface area contributed by atoms with Crippen LogP contribution >= 0.6 is 0 Å². The highest BCUT2D eigenvalue weighted by Gasteiger charge is 2.19. The second kappa shape index (κ2) is 6.53. The fourth-order valence-electron chi connectivity index (χ4n) is 2.87. The maximum Gasteiger partial charge on any atom is 0.300 e. The quantitative estimate of drug-likeness (QED) is 0.683. The molecule has 0 atom stereocenters. The van der Waals surface area contributed by atoms with Crippen molar-refractivity contribution in [3.05, 3.63) is 42.1 Å². The summed E-state index contributed by atoms with van der Waals surface area (Å²) in [6.45, 7) is 5.67. The fourth-order valence-corrected chi connectivity index (χ4v) is 2.87. The number of allylic oxidation sites excluding steroid dienone is 1. The van der Waals surface area contributed by atoms with Crippen LogP contribution in [0.4, 0.5) is 11.5 Å². The number of anilines is 2. The normalized spacial score (nSPS) is 15.6. The molecule has 3 rings (SSSR count). The van der Waals surface area contributed by atoms with E-state index < -0.39 is 0 Å². The van der Waals surface area contributed by atoms with E-state index in [1.807, 2.05) is 30.5 Å². The molecule has 1 amide bonds.